The Bertz CT molecular complexity index is 442. The van der Waals surface area contributed by atoms with Crippen molar-refractivity contribution in [2.24, 2.45) is 5.73 Å². The van der Waals surface area contributed by atoms with Crippen LogP contribution in [0.15, 0.2) is 30.3 Å². The van der Waals surface area contributed by atoms with Crippen molar-refractivity contribution in [3.8, 4) is 0 Å². The van der Waals surface area contributed by atoms with Crippen molar-refractivity contribution < 1.29 is 4.79 Å². The van der Waals surface area contributed by atoms with Gasteiger partial charge in [-0.3, -0.25) is 4.79 Å². The molecule has 140 valence electrons. The molecule has 0 aliphatic carbocycles. The molecular weight excluding hydrogens is 371 g/mol. The maximum Gasteiger partial charge on any atom is 0.241 e. The van der Waals surface area contributed by atoms with Gasteiger partial charge in [0.15, 0.2) is 0 Å². The lowest BCUT2D eigenvalue weighted by Crippen LogP contribution is -2.45. The van der Waals surface area contributed by atoms with Crippen LogP contribution in [0, 0.1) is 0 Å². The van der Waals surface area contributed by atoms with E-state index >= 15 is 0 Å². The van der Waals surface area contributed by atoms with Crippen molar-refractivity contribution in [1.29, 1.82) is 0 Å². The first-order valence-corrected chi connectivity index (χ1v) is 7.66. The summed E-state index contributed by atoms with van der Waals surface area (Å²) in [7, 11) is 2.16. The van der Waals surface area contributed by atoms with Crippen LogP contribution in [-0.2, 0) is 4.79 Å². The first-order valence-electron chi connectivity index (χ1n) is 7.66. The second kappa shape index (κ2) is 13.7. The SMILES string of the molecule is CN1CCN(CCCNC(=O)C(N)c2ccccc2)CC1.Cl.Cl.Cl. The first-order chi connectivity index (χ1) is 10.2. The molecule has 0 saturated carbocycles. The summed E-state index contributed by atoms with van der Waals surface area (Å²) in [6.45, 7) is 6.22. The van der Waals surface area contributed by atoms with Crippen molar-refractivity contribution in [3.63, 3.8) is 0 Å². The minimum atomic E-state index is -0.574. The fourth-order valence-electron chi connectivity index (χ4n) is 2.51. The van der Waals surface area contributed by atoms with Crippen molar-refractivity contribution in [1.82, 2.24) is 15.1 Å². The van der Waals surface area contributed by atoms with Crippen LogP contribution < -0.4 is 11.1 Å². The highest BCUT2D eigenvalue weighted by Crippen LogP contribution is 2.09. The molecule has 1 heterocycles. The molecule has 3 N–H and O–H groups in total. The van der Waals surface area contributed by atoms with Gasteiger partial charge in [-0.15, -0.1) is 37.2 Å². The van der Waals surface area contributed by atoms with Gasteiger partial charge in [-0.25, -0.2) is 0 Å². The normalized spacial score (nSPS) is 16.1. The highest BCUT2D eigenvalue weighted by atomic mass is 35.5. The minimum absolute atomic E-state index is 0. The van der Waals surface area contributed by atoms with Crippen LogP contribution in [0.1, 0.15) is 18.0 Å². The lowest BCUT2D eigenvalue weighted by atomic mass is 10.1. The highest BCUT2D eigenvalue weighted by Gasteiger charge is 2.15. The fraction of sp³-hybridized carbons (Fsp3) is 0.562. The van der Waals surface area contributed by atoms with Gasteiger partial charge in [0.2, 0.25) is 5.91 Å². The number of nitrogens with two attached hydrogens (primary N) is 1. The van der Waals surface area contributed by atoms with Crippen LogP contribution in [0.3, 0.4) is 0 Å². The Morgan fingerprint density at radius 1 is 1.12 bits per heavy atom. The first kappa shape index (κ1) is 25.7. The van der Waals surface area contributed by atoms with E-state index in [4.69, 9.17) is 5.73 Å². The number of hydrogen-bond acceptors (Lipinski definition) is 4. The number of hydrogen-bond donors (Lipinski definition) is 2. The van der Waals surface area contributed by atoms with Crippen LogP contribution in [0.5, 0.6) is 0 Å². The fourth-order valence-corrected chi connectivity index (χ4v) is 2.51. The molecule has 1 atom stereocenters. The van der Waals surface area contributed by atoms with Gasteiger partial charge in [0.05, 0.1) is 0 Å². The molecule has 1 fully saturated rings. The number of carbonyl (C=O) groups is 1. The smallest absolute Gasteiger partial charge is 0.241 e. The lowest BCUT2D eigenvalue weighted by molar-refractivity contribution is -0.122. The molecule has 0 aromatic heterocycles. The molecule has 1 saturated heterocycles. The van der Waals surface area contributed by atoms with Crippen LogP contribution in [0.2, 0.25) is 0 Å². The predicted molar refractivity (Wildman–Crippen MR) is 107 cm³/mol. The summed E-state index contributed by atoms with van der Waals surface area (Å²) in [5.74, 6) is -0.0976. The van der Waals surface area contributed by atoms with Crippen molar-refractivity contribution in [2.45, 2.75) is 12.5 Å². The highest BCUT2D eigenvalue weighted by molar-refractivity contribution is 5.86. The van der Waals surface area contributed by atoms with Crippen LogP contribution in [0.4, 0.5) is 0 Å². The molecule has 0 bridgehead atoms. The van der Waals surface area contributed by atoms with E-state index in [1.54, 1.807) is 0 Å². The second-order valence-corrected chi connectivity index (χ2v) is 5.68. The molecule has 1 unspecified atom stereocenters. The maximum absolute atomic E-state index is 12.0. The van der Waals surface area contributed by atoms with E-state index in [-0.39, 0.29) is 43.1 Å². The summed E-state index contributed by atoms with van der Waals surface area (Å²) >= 11 is 0. The number of benzene rings is 1. The number of nitrogens with one attached hydrogen (secondary N) is 1. The number of halogens is 3. The van der Waals surface area contributed by atoms with Gasteiger partial charge in [0.1, 0.15) is 6.04 Å². The summed E-state index contributed by atoms with van der Waals surface area (Å²) in [6, 6.07) is 8.91. The Balaban J connectivity index is 0. The summed E-state index contributed by atoms with van der Waals surface area (Å²) in [4.78, 5) is 16.8. The van der Waals surface area contributed by atoms with E-state index in [1.807, 2.05) is 30.3 Å². The van der Waals surface area contributed by atoms with Crippen LogP contribution in [-0.4, -0.2) is 62.0 Å². The van der Waals surface area contributed by atoms with Crippen molar-refractivity contribution in [3.05, 3.63) is 35.9 Å². The molecule has 0 radical (unpaired) electrons. The van der Waals surface area contributed by atoms with Gasteiger partial charge in [0.25, 0.3) is 0 Å². The lowest BCUT2D eigenvalue weighted by Gasteiger charge is -2.32. The minimum Gasteiger partial charge on any atom is -0.354 e. The van der Waals surface area contributed by atoms with Crippen LogP contribution >= 0.6 is 37.2 Å². The van der Waals surface area contributed by atoms with E-state index in [2.05, 4.69) is 22.2 Å². The van der Waals surface area contributed by atoms with E-state index in [9.17, 15) is 4.79 Å². The van der Waals surface area contributed by atoms with E-state index in [1.165, 1.54) is 0 Å². The number of piperazine rings is 1. The number of amides is 1. The van der Waals surface area contributed by atoms with Crippen molar-refractivity contribution >= 4 is 43.1 Å². The number of carbonyl (C=O) groups excluding carboxylic acids is 1. The summed E-state index contributed by atoms with van der Waals surface area (Å²) in [5, 5.41) is 2.93. The van der Waals surface area contributed by atoms with E-state index in [0.717, 1.165) is 44.7 Å². The van der Waals surface area contributed by atoms with Gasteiger partial charge < -0.3 is 20.9 Å². The average Bonchev–Trinajstić information content (AvgIpc) is 2.53. The molecule has 8 heteroatoms. The zero-order valence-corrected chi connectivity index (χ0v) is 16.5. The Labute approximate surface area is 163 Å². The van der Waals surface area contributed by atoms with Crippen molar-refractivity contribution in [2.75, 3.05) is 46.3 Å². The number of likely N-dealkylation sites (N-methyl/N-ethyl adjacent to an activating group) is 1. The number of nitrogens with zero attached hydrogens (tertiary/aromatic N) is 2. The molecule has 5 nitrogen and oxygen atoms in total. The van der Waals surface area contributed by atoms with Gasteiger partial charge in [0, 0.05) is 32.7 Å². The Hall–Kier alpha value is -0.560. The zero-order valence-electron chi connectivity index (χ0n) is 14.0. The van der Waals surface area contributed by atoms with Gasteiger partial charge in [-0.2, -0.15) is 0 Å². The summed E-state index contributed by atoms with van der Waals surface area (Å²) in [6.07, 6.45) is 0.969. The molecule has 1 amide bonds. The number of rotatable bonds is 6. The largest absolute Gasteiger partial charge is 0.354 e. The van der Waals surface area contributed by atoms with E-state index < -0.39 is 6.04 Å². The zero-order chi connectivity index (χ0) is 15.1. The molecule has 1 aromatic carbocycles. The third kappa shape index (κ3) is 8.51. The maximum atomic E-state index is 12.0. The summed E-state index contributed by atoms with van der Waals surface area (Å²) < 4.78 is 0. The monoisotopic (exact) mass is 398 g/mol. The second-order valence-electron chi connectivity index (χ2n) is 5.68. The Morgan fingerprint density at radius 3 is 2.29 bits per heavy atom. The molecule has 1 aliphatic heterocycles. The van der Waals surface area contributed by atoms with Gasteiger partial charge in [-0.05, 0) is 25.6 Å². The van der Waals surface area contributed by atoms with Crippen LogP contribution in [0.25, 0.3) is 0 Å². The molecule has 0 spiro atoms. The molecule has 2 rings (SSSR count). The van der Waals surface area contributed by atoms with Gasteiger partial charge in [-0.1, -0.05) is 30.3 Å². The molecule has 1 aromatic rings. The molecule has 1 aliphatic rings. The van der Waals surface area contributed by atoms with E-state index in [0.29, 0.717) is 6.54 Å². The summed E-state index contributed by atoms with van der Waals surface area (Å²) in [5.41, 5.74) is 6.81. The molecular formula is C16H29Cl3N4O. The Kier molecular flexibility index (Phi) is 14.7. The Morgan fingerprint density at radius 2 is 1.71 bits per heavy atom. The average molecular weight is 400 g/mol. The third-order valence-corrected chi connectivity index (χ3v) is 3.99. The third-order valence-electron chi connectivity index (χ3n) is 3.99. The van der Waals surface area contributed by atoms with Gasteiger partial charge >= 0.3 is 0 Å². The molecule has 24 heavy (non-hydrogen) atoms. The quantitative estimate of drug-likeness (QED) is 0.715. The predicted octanol–water partition coefficient (Wildman–Crippen LogP) is 1.71. The standard InChI is InChI=1S/C16H26N4O.3ClH/c1-19-10-12-20(13-11-19)9-5-8-18-16(21)15(17)14-6-3-2-4-7-14;;;/h2-4,6-7,15H,5,8-13,17H2,1H3,(H,18,21);3*1H. The topological polar surface area (TPSA) is 61.6 Å².